The average Bonchev–Trinajstić information content (AvgIpc) is 2.50. The first-order chi connectivity index (χ1) is 9.83. The number of anilines is 2. The van der Waals surface area contributed by atoms with Gasteiger partial charge in [0.05, 0.1) is 0 Å². The highest BCUT2D eigenvalue weighted by atomic mass is 15.1. The van der Waals surface area contributed by atoms with E-state index >= 15 is 0 Å². The molecule has 2 heterocycles. The molecule has 3 heteroatoms. The lowest BCUT2D eigenvalue weighted by atomic mass is 9.97. The second-order valence-corrected chi connectivity index (χ2v) is 5.46. The molecule has 0 bridgehead atoms. The van der Waals surface area contributed by atoms with Crippen molar-refractivity contribution < 1.29 is 0 Å². The van der Waals surface area contributed by atoms with Gasteiger partial charge in [0.1, 0.15) is 5.82 Å². The zero-order chi connectivity index (χ0) is 13.8. The number of aromatic nitrogens is 1. The maximum absolute atomic E-state index is 4.55. The number of benzene rings is 1. The van der Waals surface area contributed by atoms with Crippen LogP contribution in [0, 0.1) is 0 Å². The van der Waals surface area contributed by atoms with Crippen LogP contribution in [0.2, 0.25) is 0 Å². The van der Waals surface area contributed by atoms with Crippen LogP contribution in [-0.2, 0) is 0 Å². The maximum Gasteiger partial charge on any atom is 0.130 e. The van der Waals surface area contributed by atoms with Crippen molar-refractivity contribution >= 4 is 11.5 Å². The summed E-state index contributed by atoms with van der Waals surface area (Å²) in [5.74, 6) is 0.901. The zero-order valence-electron chi connectivity index (χ0n) is 11.9. The van der Waals surface area contributed by atoms with E-state index in [0.29, 0.717) is 6.04 Å². The highest BCUT2D eigenvalue weighted by molar-refractivity contribution is 5.55. The molecule has 3 rings (SSSR count). The molecule has 1 aromatic heterocycles. The highest BCUT2D eigenvalue weighted by Gasteiger charge is 2.20. The van der Waals surface area contributed by atoms with Gasteiger partial charge < -0.3 is 5.32 Å². The van der Waals surface area contributed by atoms with Crippen molar-refractivity contribution in [2.75, 3.05) is 18.9 Å². The number of para-hydroxylation sites is 1. The number of nitrogens with zero attached hydrogens (tertiary/aromatic N) is 2. The Morgan fingerprint density at radius 1 is 1.10 bits per heavy atom. The van der Waals surface area contributed by atoms with E-state index in [0.717, 1.165) is 11.5 Å². The number of likely N-dealkylation sites (tertiary alicyclic amines) is 1. The van der Waals surface area contributed by atoms with E-state index in [4.69, 9.17) is 0 Å². The molecule has 1 atom stereocenters. The molecular weight excluding hydrogens is 246 g/mol. The lowest BCUT2D eigenvalue weighted by Crippen LogP contribution is -2.29. The Balaban J connectivity index is 1.71. The molecule has 1 saturated heterocycles. The van der Waals surface area contributed by atoms with Crippen molar-refractivity contribution in [3.63, 3.8) is 0 Å². The minimum atomic E-state index is 0.530. The quantitative estimate of drug-likeness (QED) is 0.911. The summed E-state index contributed by atoms with van der Waals surface area (Å²) in [4.78, 5) is 6.98. The molecule has 104 valence electrons. The zero-order valence-corrected chi connectivity index (χ0v) is 11.9. The van der Waals surface area contributed by atoms with Gasteiger partial charge in [0.15, 0.2) is 0 Å². The minimum Gasteiger partial charge on any atom is -0.340 e. The van der Waals surface area contributed by atoms with Crippen LogP contribution in [0.25, 0.3) is 0 Å². The Bertz CT molecular complexity index is 536. The van der Waals surface area contributed by atoms with Crippen LogP contribution in [-0.4, -0.2) is 23.5 Å². The number of piperidine rings is 1. The third-order valence-electron chi connectivity index (χ3n) is 3.99. The molecule has 0 radical (unpaired) electrons. The maximum atomic E-state index is 4.55. The molecule has 0 saturated carbocycles. The predicted molar refractivity (Wildman–Crippen MR) is 83.2 cm³/mol. The van der Waals surface area contributed by atoms with Crippen LogP contribution in [0.5, 0.6) is 0 Å². The minimum absolute atomic E-state index is 0.530. The second kappa shape index (κ2) is 6.06. The fourth-order valence-corrected chi connectivity index (χ4v) is 2.84. The molecule has 1 aliphatic rings. The van der Waals surface area contributed by atoms with E-state index in [2.05, 4.69) is 34.4 Å². The standard InChI is InChI=1S/C17H21N3/c1-20-12-6-5-9-16(20)14-10-11-17(18-13-14)19-15-7-3-2-4-8-15/h2-4,7-8,10-11,13,16H,5-6,9,12H2,1H3,(H,18,19). The number of pyridine rings is 1. The van der Waals surface area contributed by atoms with Gasteiger partial charge in [-0.2, -0.15) is 0 Å². The Hall–Kier alpha value is -1.87. The van der Waals surface area contributed by atoms with E-state index in [1.807, 2.05) is 36.5 Å². The molecule has 20 heavy (non-hydrogen) atoms. The molecule has 1 aromatic carbocycles. The molecule has 2 aromatic rings. The van der Waals surface area contributed by atoms with Crippen molar-refractivity contribution in [3.05, 3.63) is 54.2 Å². The van der Waals surface area contributed by atoms with Crippen LogP contribution in [0.1, 0.15) is 30.9 Å². The predicted octanol–water partition coefficient (Wildman–Crippen LogP) is 3.98. The Morgan fingerprint density at radius 3 is 2.65 bits per heavy atom. The third-order valence-corrected chi connectivity index (χ3v) is 3.99. The van der Waals surface area contributed by atoms with E-state index in [1.54, 1.807) is 0 Å². The third kappa shape index (κ3) is 2.99. The molecule has 3 nitrogen and oxygen atoms in total. The van der Waals surface area contributed by atoms with Gasteiger partial charge in [-0.3, -0.25) is 4.90 Å². The number of hydrogen-bond acceptors (Lipinski definition) is 3. The summed E-state index contributed by atoms with van der Waals surface area (Å²) in [6.45, 7) is 1.19. The van der Waals surface area contributed by atoms with Gasteiger partial charge in [-0.25, -0.2) is 4.98 Å². The molecule has 1 unspecified atom stereocenters. The molecular formula is C17H21N3. The lowest BCUT2D eigenvalue weighted by Gasteiger charge is -2.32. The average molecular weight is 267 g/mol. The van der Waals surface area contributed by atoms with Gasteiger partial charge in [0.2, 0.25) is 0 Å². The van der Waals surface area contributed by atoms with Crippen LogP contribution in [0.4, 0.5) is 11.5 Å². The van der Waals surface area contributed by atoms with Gasteiger partial charge >= 0.3 is 0 Å². The molecule has 0 aliphatic carbocycles. The second-order valence-electron chi connectivity index (χ2n) is 5.46. The Labute approximate surface area is 120 Å². The van der Waals surface area contributed by atoms with Crippen molar-refractivity contribution in [2.24, 2.45) is 0 Å². The molecule has 0 amide bonds. The summed E-state index contributed by atoms with van der Waals surface area (Å²) < 4.78 is 0. The Morgan fingerprint density at radius 2 is 1.95 bits per heavy atom. The number of hydrogen-bond donors (Lipinski definition) is 1. The molecule has 1 fully saturated rings. The molecule has 1 N–H and O–H groups in total. The first-order valence-corrected chi connectivity index (χ1v) is 7.31. The smallest absolute Gasteiger partial charge is 0.130 e. The normalized spacial score (nSPS) is 19.8. The lowest BCUT2D eigenvalue weighted by molar-refractivity contribution is 0.187. The molecule has 1 aliphatic heterocycles. The van der Waals surface area contributed by atoms with Crippen molar-refractivity contribution in [3.8, 4) is 0 Å². The number of rotatable bonds is 3. The summed E-state index contributed by atoms with van der Waals surface area (Å²) >= 11 is 0. The monoisotopic (exact) mass is 267 g/mol. The first-order valence-electron chi connectivity index (χ1n) is 7.31. The fourth-order valence-electron chi connectivity index (χ4n) is 2.84. The van der Waals surface area contributed by atoms with Gasteiger partial charge in [0, 0.05) is 17.9 Å². The van der Waals surface area contributed by atoms with Gasteiger partial charge in [-0.1, -0.05) is 30.7 Å². The van der Waals surface area contributed by atoms with Crippen molar-refractivity contribution in [1.29, 1.82) is 0 Å². The summed E-state index contributed by atoms with van der Waals surface area (Å²) in [7, 11) is 2.21. The van der Waals surface area contributed by atoms with Crippen LogP contribution >= 0.6 is 0 Å². The van der Waals surface area contributed by atoms with Crippen LogP contribution < -0.4 is 5.32 Å². The van der Waals surface area contributed by atoms with Gasteiger partial charge in [-0.05, 0) is 50.2 Å². The summed E-state index contributed by atoms with van der Waals surface area (Å²) in [6.07, 6.45) is 5.88. The summed E-state index contributed by atoms with van der Waals surface area (Å²) in [5.41, 5.74) is 2.40. The summed E-state index contributed by atoms with van der Waals surface area (Å²) in [5, 5.41) is 3.32. The SMILES string of the molecule is CN1CCCCC1c1ccc(Nc2ccccc2)nc1. The largest absolute Gasteiger partial charge is 0.340 e. The van der Waals surface area contributed by atoms with E-state index in [-0.39, 0.29) is 0 Å². The Kier molecular flexibility index (Phi) is 3.97. The fraction of sp³-hybridized carbons (Fsp3) is 0.353. The van der Waals surface area contributed by atoms with E-state index in [1.165, 1.54) is 31.4 Å². The molecule has 0 spiro atoms. The van der Waals surface area contributed by atoms with Gasteiger partial charge in [0.25, 0.3) is 0 Å². The first kappa shape index (κ1) is 13.1. The van der Waals surface area contributed by atoms with Crippen molar-refractivity contribution in [1.82, 2.24) is 9.88 Å². The topological polar surface area (TPSA) is 28.2 Å². The number of nitrogens with one attached hydrogen (secondary N) is 1. The summed E-state index contributed by atoms with van der Waals surface area (Å²) in [6, 6.07) is 15.0. The highest BCUT2D eigenvalue weighted by Crippen LogP contribution is 2.29. The van der Waals surface area contributed by atoms with Crippen molar-refractivity contribution in [2.45, 2.75) is 25.3 Å². The van der Waals surface area contributed by atoms with E-state index < -0.39 is 0 Å². The van der Waals surface area contributed by atoms with Gasteiger partial charge in [-0.15, -0.1) is 0 Å². The van der Waals surface area contributed by atoms with Crippen LogP contribution in [0.15, 0.2) is 48.7 Å². The van der Waals surface area contributed by atoms with Crippen LogP contribution in [0.3, 0.4) is 0 Å². The van der Waals surface area contributed by atoms with E-state index in [9.17, 15) is 0 Å².